The standard InChI is InChI=1S/C6H14O3.3C4H6O3/c1-2-6(3-7,4-8)5-9;3*1-2-4(6)7-3-5/h7-9H,2-5H2,1H3;3*2,5H,1,3H2. The third kappa shape index (κ3) is 25.4. The molecule has 0 saturated carbocycles. The normalized spacial score (nSPS) is 8.90. The molecule has 0 saturated heterocycles. The molecule has 0 aromatic carbocycles. The second-order valence-electron chi connectivity index (χ2n) is 4.72. The van der Waals surface area contributed by atoms with Crippen LogP contribution < -0.4 is 0 Å². The van der Waals surface area contributed by atoms with Crippen LogP contribution in [0.1, 0.15) is 13.3 Å². The minimum atomic E-state index is -0.667. The molecule has 0 unspecified atom stereocenters. The number of esters is 3. The van der Waals surface area contributed by atoms with Gasteiger partial charge in [-0.1, -0.05) is 26.7 Å². The first-order chi connectivity index (χ1) is 14.2. The molecule has 12 nitrogen and oxygen atoms in total. The zero-order valence-corrected chi connectivity index (χ0v) is 16.9. The number of hydrogen-bond donors (Lipinski definition) is 6. The van der Waals surface area contributed by atoms with E-state index in [4.69, 9.17) is 30.6 Å². The molecule has 0 spiro atoms. The highest BCUT2D eigenvalue weighted by atomic mass is 16.6. The Hall–Kier alpha value is -2.61. The van der Waals surface area contributed by atoms with Gasteiger partial charge in [-0.25, -0.2) is 14.4 Å². The lowest BCUT2D eigenvalue weighted by atomic mass is 9.88. The lowest BCUT2D eigenvalue weighted by Gasteiger charge is -2.24. The molecular weight excluding hydrogens is 408 g/mol. The molecule has 0 aliphatic carbocycles. The number of aliphatic hydroxyl groups is 6. The van der Waals surface area contributed by atoms with Crippen LogP contribution in [0.2, 0.25) is 0 Å². The van der Waals surface area contributed by atoms with Gasteiger partial charge in [-0.3, -0.25) is 0 Å². The van der Waals surface area contributed by atoms with Crippen molar-refractivity contribution < 1.29 is 59.2 Å². The first-order valence-corrected chi connectivity index (χ1v) is 8.20. The van der Waals surface area contributed by atoms with E-state index in [1.54, 1.807) is 0 Å². The number of aliphatic hydroxyl groups excluding tert-OH is 6. The Morgan fingerprint density at radius 3 is 0.933 bits per heavy atom. The Kier molecular flexibility index (Phi) is 30.7. The Balaban J connectivity index is -0.000000151. The predicted molar refractivity (Wildman–Crippen MR) is 104 cm³/mol. The summed E-state index contributed by atoms with van der Waals surface area (Å²) in [6.45, 7) is 8.90. The van der Waals surface area contributed by atoms with Gasteiger partial charge in [0.1, 0.15) is 0 Å². The number of hydrogen-bond acceptors (Lipinski definition) is 12. The lowest BCUT2D eigenvalue weighted by Crippen LogP contribution is -2.32. The van der Waals surface area contributed by atoms with Crippen molar-refractivity contribution in [2.24, 2.45) is 5.41 Å². The minimum absolute atomic E-state index is 0.156. The molecule has 30 heavy (non-hydrogen) atoms. The summed E-state index contributed by atoms with van der Waals surface area (Å²) in [5.41, 5.74) is -0.667. The van der Waals surface area contributed by atoms with Crippen LogP contribution in [0.25, 0.3) is 0 Å². The van der Waals surface area contributed by atoms with E-state index >= 15 is 0 Å². The Morgan fingerprint density at radius 2 is 0.900 bits per heavy atom. The molecule has 0 rings (SSSR count). The molecule has 0 radical (unpaired) electrons. The highest BCUT2D eigenvalue weighted by Gasteiger charge is 2.24. The Morgan fingerprint density at radius 1 is 0.667 bits per heavy atom. The SMILES string of the molecule is C=CC(=O)OCO.C=CC(=O)OCO.C=CC(=O)OCO.CCC(CO)(CO)CO. The topological polar surface area (TPSA) is 200 Å². The van der Waals surface area contributed by atoms with E-state index in [9.17, 15) is 14.4 Å². The van der Waals surface area contributed by atoms with Crippen LogP contribution in [0.15, 0.2) is 38.0 Å². The van der Waals surface area contributed by atoms with Crippen molar-refractivity contribution in [1.82, 2.24) is 0 Å². The number of rotatable bonds is 10. The second kappa shape index (κ2) is 26.4. The molecule has 6 N–H and O–H groups in total. The van der Waals surface area contributed by atoms with Crippen molar-refractivity contribution in [2.75, 3.05) is 40.2 Å². The third-order valence-corrected chi connectivity index (χ3v) is 2.88. The first-order valence-electron chi connectivity index (χ1n) is 8.20. The fourth-order valence-electron chi connectivity index (χ4n) is 0.853. The van der Waals surface area contributed by atoms with Gasteiger partial charge in [0, 0.05) is 23.6 Å². The van der Waals surface area contributed by atoms with Crippen LogP contribution in [-0.2, 0) is 28.6 Å². The second-order valence-corrected chi connectivity index (χ2v) is 4.72. The van der Waals surface area contributed by atoms with Crippen LogP contribution in [0.5, 0.6) is 0 Å². The van der Waals surface area contributed by atoms with Gasteiger partial charge in [-0.05, 0) is 6.42 Å². The number of carbonyl (C=O) groups excluding carboxylic acids is 3. The molecule has 0 fully saturated rings. The summed E-state index contributed by atoms with van der Waals surface area (Å²) in [7, 11) is 0. The molecule has 0 heterocycles. The van der Waals surface area contributed by atoms with Gasteiger partial charge in [0.05, 0.1) is 19.8 Å². The average molecular weight is 440 g/mol. The third-order valence-electron chi connectivity index (χ3n) is 2.88. The fraction of sp³-hybridized carbons (Fsp3) is 0.500. The van der Waals surface area contributed by atoms with Crippen LogP contribution in [0, 0.1) is 5.41 Å². The van der Waals surface area contributed by atoms with Gasteiger partial charge in [-0.2, -0.15) is 0 Å². The molecule has 0 aromatic rings. The van der Waals surface area contributed by atoms with Gasteiger partial charge in [0.25, 0.3) is 0 Å². The lowest BCUT2D eigenvalue weighted by molar-refractivity contribution is -0.146. The summed E-state index contributed by atoms with van der Waals surface area (Å²) in [6.07, 6.45) is 3.54. The predicted octanol–water partition coefficient (Wildman–Crippen LogP) is -1.64. The largest absolute Gasteiger partial charge is 0.436 e. The van der Waals surface area contributed by atoms with E-state index in [0.29, 0.717) is 6.42 Å². The summed E-state index contributed by atoms with van der Waals surface area (Å²) in [4.78, 5) is 29.7. The molecule has 0 aliphatic heterocycles. The monoisotopic (exact) mass is 440 g/mol. The summed E-state index contributed by atoms with van der Waals surface area (Å²) in [6, 6.07) is 0. The maximum absolute atomic E-state index is 9.91. The maximum atomic E-state index is 9.91. The Labute approximate surface area is 174 Å². The van der Waals surface area contributed by atoms with E-state index in [2.05, 4.69) is 33.9 Å². The molecule has 176 valence electrons. The van der Waals surface area contributed by atoms with Crippen molar-refractivity contribution in [3.63, 3.8) is 0 Å². The van der Waals surface area contributed by atoms with E-state index in [1.165, 1.54) is 0 Å². The number of ether oxygens (including phenoxy) is 3. The van der Waals surface area contributed by atoms with Crippen molar-refractivity contribution in [3.8, 4) is 0 Å². The van der Waals surface area contributed by atoms with Crippen LogP contribution >= 0.6 is 0 Å². The zero-order chi connectivity index (χ0) is 24.4. The molecular formula is C18H32O12. The molecule has 0 bridgehead atoms. The van der Waals surface area contributed by atoms with E-state index < -0.39 is 43.7 Å². The molecule has 0 atom stereocenters. The molecule has 0 aromatic heterocycles. The van der Waals surface area contributed by atoms with E-state index in [1.807, 2.05) is 6.92 Å². The Bertz CT molecular complexity index is 402. The van der Waals surface area contributed by atoms with E-state index in [0.717, 1.165) is 18.2 Å². The van der Waals surface area contributed by atoms with Gasteiger partial charge in [-0.15, -0.1) is 0 Å². The summed E-state index contributed by atoms with van der Waals surface area (Å²) >= 11 is 0. The molecule has 12 heteroatoms. The van der Waals surface area contributed by atoms with Gasteiger partial charge >= 0.3 is 17.9 Å². The van der Waals surface area contributed by atoms with Crippen LogP contribution in [0.4, 0.5) is 0 Å². The highest BCUT2D eigenvalue weighted by Crippen LogP contribution is 2.18. The summed E-state index contributed by atoms with van der Waals surface area (Å²) < 4.78 is 12.0. The quantitative estimate of drug-likeness (QED) is 0.0980. The fourth-order valence-corrected chi connectivity index (χ4v) is 0.853. The first kappa shape index (κ1) is 34.9. The van der Waals surface area contributed by atoms with Gasteiger partial charge in [0.15, 0.2) is 20.4 Å². The summed E-state index contributed by atoms with van der Waals surface area (Å²) in [5.74, 6) is -1.83. The van der Waals surface area contributed by atoms with Crippen LogP contribution in [0.3, 0.4) is 0 Å². The van der Waals surface area contributed by atoms with Crippen molar-refractivity contribution in [3.05, 3.63) is 38.0 Å². The van der Waals surface area contributed by atoms with Gasteiger partial charge < -0.3 is 44.8 Å². The van der Waals surface area contributed by atoms with Gasteiger partial charge in [0.2, 0.25) is 0 Å². The minimum Gasteiger partial charge on any atom is -0.436 e. The zero-order valence-electron chi connectivity index (χ0n) is 16.9. The van der Waals surface area contributed by atoms with Crippen LogP contribution in [-0.4, -0.2) is 88.7 Å². The van der Waals surface area contributed by atoms with Crippen molar-refractivity contribution in [1.29, 1.82) is 0 Å². The average Bonchev–Trinajstić information content (AvgIpc) is 2.77. The van der Waals surface area contributed by atoms with E-state index in [-0.39, 0.29) is 19.8 Å². The number of carbonyl (C=O) groups is 3. The van der Waals surface area contributed by atoms with Crippen molar-refractivity contribution >= 4 is 17.9 Å². The summed E-state index contributed by atoms with van der Waals surface area (Å²) in [5, 5.41) is 49.6. The van der Waals surface area contributed by atoms with Crippen molar-refractivity contribution in [2.45, 2.75) is 13.3 Å². The maximum Gasteiger partial charge on any atom is 0.332 e. The smallest absolute Gasteiger partial charge is 0.332 e. The molecule has 0 aliphatic rings. The molecule has 0 amide bonds. The highest BCUT2D eigenvalue weighted by molar-refractivity contribution is 5.81.